The van der Waals surface area contributed by atoms with Crippen LogP contribution in [0.2, 0.25) is 19.6 Å². The summed E-state index contributed by atoms with van der Waals surface area (Å²) < 4.78 is 4.98. The molecule has 1 rings (SSSR count). The second kappa shape index (κ2) is 6.82. The molecule has 0 spiro atoms. The Morgan fingerprint density at radius 2 is 1.94 bits per heavy atom. The summed E-state index contributed by atoms with van der Waals surface area (Å²) in [6.45, 7) is 6.62. The molecule has 0 saturated heterocycles. The lowest BCUT2D eigenvalue weighted by atomic mass is 10.2. The van der Waals surface area contributed by atoms with Gasteiger partial charge in [0.15, 0.2) is 6.61 Å². The maximum atomic E-state index is 11.4. The van der Waals surface area contributed by atoms with Crippen molar-refractivity contribution in [3.8, 4) is 11.5 Å². The van der Waals surface area contributed by atoms with E-state index < -0.39 is 8.07 Å². The number of rotatable bonds is 3. The number of hydrogen-bond donors (Lipinski definition) is 0. The molecule has 0 saturated carbocycles. The number of esters is 1. The van der Waals surface area contributed by atoms with Crippen LogP contribution in [0, 0.1) is 11.5 Å². The maximum absolute atomic E-state index is 11.4. The van der Waals surface area contributed by atoms with E-state index in [-0.39, 0.29) is 12.6 Å². The molecule has 3 heteroatoms. The second-order valence-electron chi connectivity index (χ2n) is 4.90. The predicted octanol–water partition coefficient (Wildman–Crippen LogP) is 3.12. The molecule has 0 aliphatic heterocycles. The van der Waals surface area contributed by atoms with E-state index in [1.165, 1.54) is 6.08 Å². The lowest BCUT2D eigenvalue weighted by molar-refractivity contribution is -0.136. The van der Waals surface area contributed by atoms with E-state index in [2.05, 4.69) is 31.1 Å². The van der Waals surface area contributed by atoms with Crippen LogP contribution in [-0.2, 0) is 9.53 Å². The third kappa shape index (κ3) is 6.72. The summed E-state index contributed by atoms with van der Waals surface area (Å²) in [7, 11) is -1.37. The van der Waals surface area contributed by atoms with Gasteiger partial charge < -0.3 is 4.74 Å². The van der Waals surface area contributed by atoms with Gasteiger partial charge in [0.05, 0.1) is 0 Å². The Labute approximate surface area is 110 Å². The van der Waals surface area contributed by atoms with Crippen molar-refractivity contribution < 1.29 is 9.53 Å². The van der Waals surface area contributed by atoms with Crippen LogP contribution in [0.15, 0.2) is 36.4 Å². The summed E-state index contributed by atoms with van der Waals surface area (Å²) in [5.41, 5.74) is 4.11. The first-order chi connectivity index (χ1) is 8.47. The highest BCUT2D eigenvalue weighted by Gasteiger charge is 2.07. The Balaban J connectivity index is 2.38. The molecule has 1 aromatic carbocycles. The minimum absolute atomic E-state index is 0.169. The smallest absolute Gasteiger partial charge is 0.331 e. The van der Waals surface area contributed by atoms with Crippen LogP contribution in [-0.4, -0.2) is 20.7 Å². The van der Waals surface area contributed by atoms with Crippen molar-refractivity contribution in [2.45, 2.75) is 19.6 Å². The molecule has 0 bridgehead atoms. The summed E-state index contributed by atoms with van der Waals surface area (Å²) in [4.78, 5) is 11.4. The van der Waals surface area contributed by atoms with E-state index in [0.29, 0.717) is 0 Å². The molecule has 0 unspecified atom stereocenters. The van der Waals surface area contributed by atoms with Gasteiger partial charge >= 0.3 is 5.97 Å². The molecule has 2 nitrogen and oxygen atoms in total. The number of hydrogen-bond acceptors (Lipinski definition) is 2. The molecule has 0 radical (unpaired) electrons. The molecule has 0 aliphatic rings. The Kier molecular flexibility index (Phi) is 5.41. The molecule has 0 N–H and O–H groups in total. The van der Waals surface area contributed by atoms with Crippen molar-refractivity contribution in [1.82, 2.24) is 0 Å². The Hall–Kier alpha value is -1.79. The van der Waals surface area contributed by atoms with Crippen molar-refractivity contribution in [2.75, 3.05) is 6.61 Å². The number of carbonyl (C=O) groups excluding carboxylic acids is 1. The van der Waals surface area contributed by atoms with Crippen LogP contribution in [0.25, 0.3) is 6.08 Å². The summed E-state index contributed by atoms with van der Waals surface area (Å²) in [6, 6.07) is 9.63. The Morgan fingerprint density at radius 3 is 2.56 bits per heavy atom. The highest BCUT2D eigenvalue weighted by Crippen LogP contribution is 2.01. The van der Waals surface area contributed by atoms with Crippen LogP contribution < -0.4 is 0 Å². The van der Waals surface area contributed by atoms with E-state index in [1.807, 2.05) is 30.3 Å². The van der Waals surface area contributed by atoms with Crippen LogP contribution >= 0.6 is 0 Å². The van der Waals surface area contributed by atoms with Crippen LogP contribution in [0.3, 0.4) is 0 Å². The first kappa shape index (κ1) is 14.3. The van der Waals surface area contributed by atoms with Gasteiger partial charge in [-0.05, 0) is 11.6 Å². The standard InChI is InChI=1S/C15H18O2Si/c1-18(2,3)13-7-12-17-15(16)11-10-14-8-5-4-6-9-14/h4-6,8-11H,12H2,1-3H3/b11-10+. The molecule has 94 valence electrons. The summed E-state index contributed by atoms with van der Waals surface area (Å²) in [5, 5.41) is 0. The average molecular weight is 258 g/mol. The maximum Gasteiger partial charge on any atom is 0.331 e. The van der Waals surface area contributed by atoms with Crippen molar-refractivity contribution in [1.29, 1.82) is 0 Å². The molecule has 0 aliphatic carbocycles. The minimum atomic E-state index is -1.37. The summed E-state index contributed by atoms with van der Waals surface area (Å²) >= 11 is 0. The predicted molar refractivity (Wildman–Crippen MR) is 77.6 cm³/mol. The number of benzene rings is 1. The highest BCUT2D eigenvalue weighted by atomic mass is 28.3. The lowest BCUT2D eigenvalue weighted by Crippen LogP contribution is -2.16. The average Bonchev–Trinajstić information content (AvgIpc) is 2.32. The largest absolute Gasteiger partial charge is 0.449 e. The van der Waals surface area contributed by atoms with Gasteiger partial charge in [-0.1, -0.05) is 55.9 Å². The van der Waals surface area contributed by atoms with Gasteiger partial charge in [0.25, 0.3) is 0 Å². The van der Waals surface area contributed by atoms with E-state index in [1.54, 1.807) is 6.08 Å². The fourth-order valence-corrected chi connectivity index (χ4v) is 1.79. The van der Waals surface area contributed by atoms with E-state index in [9.17, 15) is 4.79 Å². The van der Waals surface area contributed by atoms with Gasteiger partial charge in [0.1, 0.15) is 8.07 Å². The number of carbonyl (C=O) groups is 1. The summed E-state index contributed by atoms with van der Waals surface area (Å²) in [6.07, 6.45) is 3.15. The lowest BCUT2D eigenvalue weighted by Gasteiger charge is -2.03. The van der Waals surface area contributed by atoms with Crippen molar-refractivity contribution in [3.63, 3.8) is 0 Å². The van der Waals surface area contributed by atoms with Crippen LogP contribution in [0.5, 0.6) is 0 Å². The molecule has 0 aromatic heterocycles. The molecular formula is C15H18O2Si. The third-order valence-corrected chi connectivity index (χ3v) is 2.89. The van der Waals surface area contributed by atoms with Crippen LogP contribution in [0.4, 0.5) is 0 Å². The first-order valence-corrected chi connectivity index (χ1v) is 9.37. The van der Waals surface area contributed by atoms with E-state index in [0.717, 1.165) is 5.56 Å². The fourth-order valence-electron chi connectivity index (χ4n) is 1.18. The molecular weight excluding hydrogens is 240 g/mol. The van der Waals surface area contributed by atoms with E-state index in [4.69, 9.17) is 4.74 Å². The van der Waals surface area contributed by atoms with Crippen molar-refractivity contribution >= 4 is 20.1 Å². The zero-order valence-corrected chi connectivity index (χ0v) is 12.1. The molecule has 18 heavy (non-hydrogen) atoms. The van der Waals surface area contributed by atoms with Crippen molar-refractivity contribution in [2.24, 2.45) is 0 Å². The van der Waals surface area contributed by atoms with E-state index >= 15 is 0 Å². The monoisotopic (exact) mass is 258 g/mol. The quantitative estimate of drug-likeness (QED) is 0.360. The zero-order valence-electron chi connectivity index (χ0n) is 11.1. The Morgan fingerprint density at radius 1 is 1.28 bits per heavy atom. The van der Waals surface area contributed by atoms with Gasteiger partial charge in [-0.15, -0.1) is 5.54 Å². The molecule has 0 fully saturated rings. The van der Waals surface area contributed by atoms with Crippen LogP contribution in [0.1, 0.15) is 5.56 Å². The topological polar surface area (TPSA) is 26.3 Å². The molecule has 0 atom stereocenters. The number of ether oxygens (including phenoxy) is 1. The molecule has 0 heterocycles. The third-order valence-electron chi connectivity index (χ3n) is 1.96. The van der Waals surface area contributed by atoms with Gasteiger partial charge in [-0.3, -0.25) is 0 Å². The fraction of sp³-hybridized carbons (Fsp3) is 0.267. The zero-order chi connectivity index (χ0) is 13.4. The van der Waals surface area contributed by atoms with Crippen molar-refractivity contribution in [3.05, 3.63) is 42.0 Å². The SMILES string of the molecule is C[Si](C)(C)C#CCOC(=O)/C=C/c1ccccc1. The first-order valence-electron chi connectivity index (χ1n) is 5.87. The van der Waals surface area contributed by atoms with Gasteiger partial charge in [0, 0.05) is 6.08 Å². The van der Waals surface area contributed by atoms with Gasteiger partial charge in [-0.25, -0.2) is 4.79 Å². The normalized spacial score (nSPS) is 10.8. The van der Waals surface area contributed by atoms with Gasteiger partial charge in [-0.2, -0.15) is 0 Å². The second-order valence-corrected chi connectivity index (χ2v) is 9.65. The highest BCUT2D eigenvalue weighted by molar-refractivity contribution is 6.83. The minimum Gasteiger partial charge on any atom is -0.449 e. The summed E-state index contributed by atoms with van der Waals surface area (Å²) in [5.74, 6) is 2.53. The van der Waals surface area contributed by atoms with Gasteiger partial charge in [0.2, 0.25) is 0 Å². The Bertz CT molecular complexity index is 473. The molecule has 0 amide bonds. The molecule has 1 aromatic rings.